The molecule has 0 amide bonds. The molecule has 9 heteroatoms. The number of thiazole rings is 1. The summed E-state index contributed by atoms with van der Waals surface area (Å²) in [5, 5.41) is 5.71. The molecule has 1 aromatic carbocycles. The Hall–Kier alpha value is -3.22. The maximum absolute atomic E-state index is 15.7. The Morgan fingerprint density at radius 2 is 1.97 bits per heavy atom. The van der Waals surface area contributed by atoms with E-state index in [1.54, 1.807) is 22.4 Å². The van der Waals surface area contributed by atoms with E-state index < -0.39 is 0 Å². The van der Waals surface area contributed by atoms with Gasteiger partial charge in [-0.05, 0) is 39.7 Å². The van der Waals surface area contributed by atoms with Crippen LogP contribution >= 0.6 is 11.3 Å². The minimum absolute atomic E-state index is 0.0532. The van der Waals surface area contributed by atoms with Gasteiger partial charge in [0.1, 0.15) is 17.9 Å². The van der Waals surface area contributed by atoms with Gasteiger partial charge in [-0.25, -0.2) is 9.37 Å². The van der Waals surface area contributed by atoms with E-state index in [4.69, 9.17) is 5.10 Å². The first-order valence-corrected chi connectivity index (χ1v) is 14.1. The first-order chi connectivity index (χ1) is 18.3. The average Bonchev–Trinajstić information content (AvgIpc) is 3.52. The molecule has 0 unspecified atom stereocenters. The van der Waals surface area contributed by atoms with Gasteiger partial charge in [0.2, 0.25) is 0 Å². The second-order valence-corrected chi connectivity index (χ2v) is 11.3. The number of aryl methyl sites for hydroxylation is 2. The van der Waals surface area contributed by atoms with Crippen molar-refractivity contribution in [2.75, 3.05) is 18.0 Å². The number of piperazine rings is 1. The molecule has 200 valence electrons. The van der Waals surface area contributed by atoms with Crippen molar-refractivity contribution in [3.05, 3.63) is 51.1 Å². The van der Waals surface area contributed by atoms with Gasteiger partial charge in [-0.15, -0.1) is 17.3 Å². The molecule has 0 radical (unpaired) electrons. The summed E-state index contributed by atoms with van der Waals surface area (Å²) in [6.45, 7) is 12.2. The lowest BCUT2D eigenvalue weighted by molar-refractivity contribution is 0.0995. The van der Waals surface area contributed by atoms with Crippen molar-refractivity contribution in [2.24, 2.45) is 7.05 Å². The molecule has 3 atom stereocenters. The van der Waals surface area contributed by atoms with Crippen LogP contribution in [0.25, 0.3) is 21.3 Å². The van der Waals surface area contributed by atoms with Gasteiger partial charge >= 0.3 is 0 Å². The molecule has 4 aromatic rings. The van der Waals surface area contributed by atoms with Crippen molar-refractivity contribution in [3.63, 3.8) is 0 Å². The Morgan fingerprint density at radius 1 is 1.21 bits per heavy atom. The molecule has 3 aromatic heterocycles. The highest BCUT2D eigenvalue weighted by atomic mass is 32.1. The highest BCUT2D eigenvalue weighted by Crippen LogP contribution is 2.37. The molecule has 4 heterocycles. The lowest BCUT2D eigenvalue weighted by Gasteiger charge is -2.49. The molecule has 0 spiro atoms. The molecule has 1 saturated heterocycles. The third-order valence-corrected chi connectivity index (χ3v) is 8.91. The number of aromatic nitrogens is 4. The van der Waals surface area contributed by atoms with E-state index >= 15 is 4.39 Å². The van der Waals surface area contributed by atoms with Crippen molar-refractivity contribution >= 4 is 38.3 Å². The number of hydrogen-bond acceptors (Lipinski definition) is 6. The number of hydrogen-bond donors (Lipinski definition) is 0. The molecule has 1 fully saturated rings. The molecule has 0 bridgehead atoms. The van der Waals surface area contributed by atoms with Gasteiger partial charge in [0.05, 0.1) is 32.6 Å². The highest BCUT2D eigenvalue weighted by Gasteiger charge is 2.37. The fraction of sp³-hybridized carbons (Fsp3) is 0.483. The monoisotopic (exact) mass is 534 g/mol. The summed E-state index contributed by atoms with van der Waals surface area (Å²) in [7, 11) is 1.79. The minimum atomic E-state index is -0.153. The standard InChI is InChI=1S/C29H35FN6OS/c1-7-10-13-34-17-25-28(32-34)24(14-26(37)33(25)6)36-16-20(8-2)35(15-21(36)9-3)18(4)22-11-12-23-29(27(22)30)38-19(5)31-23/h11-12,14,17-18,20-21H,8-9,13,15-16H2,1-6H3/t18-,20+,21-/m0/s1. The maximum Gasteiger partial charge on any atom is 0.252 e. The minimum Gasteiger partial charge on any atom is -0.364 e. The second kappa shape index (κ2) is 10.5. The third-order valence-electron chi connectivity index (χ3n) is 7.93. The Balaban J connectivity index is 1.52. The number of rotatable bonds is 6. The Kier molecular flexibility index (Phi) is 7.30. The van der Waals surface area contributed by atoms with Gasteiger partial charge in [0.25, 0.3) is 5.56 Å². The third kappa shape index (κ3) is 4.50. The van der Waals surface area contributed by atoms with Gasteiger partial charge in [0, 0.05) is 49.9 Å². The number of halogens is 1. The predicted molar refractivity (Wildman–Crippen MR) is 153 cm³/mol. The van der Waals surface area contributed by atoms with Crippen LogP contribution in [0.3, 0.4) is 0 Å². The lowest BCUT2D eigenvalue weighted by Crippen LogP contribution is -2.59. The van der Waals surface area contributed by atoms with Crippen LogP contribution in [-0.2, 0) is 13.6 Å². The number of benzene rings is 1. The van der Waals surface area contributed by atoms with Crippen LogP contribution in [0.4, 0.5) is 10.1 Å². The Bertz CT molecular complexity index is 1610. The largest absolute Gasteiger partial charge is 0.364 e. The summed E-state index contributed by atoms with van der Waals surface area (Å²) >= 11 is 1.41. The average molecular weight is 535 g/mol. The first-order valence-electron chi connectivity index (χ1n) is 13.3. The van der Waals surface area contributed by atoms with E-state index in [0.717, 1.165) is 58.7 Å². The summed E-state index contributed by atoms with van der Waals surface area (Å²) in [5.41, 5.74) is 3.88. The van der Waals surface area contributed by atoms with Crippen LogP contribution < -0.4 is 10.5 Å². The molecule has 1 aliphatic rings. The summed E-state index contributed by atoms with van der Waals surface area (Å²) in [4.78, 5) is 22.2. The first kappa shape index (κ1) is 26.4. The van der Waals surface area contributed by atoms with E-state index in [1.165, 1.54) is 11.3 Å². The second-order valence-electron chi connectivity index (χ2n) is 10.1. The summed E-state index contributed by atoms with van der Waals surface area (Å²) in [6, 6.07) is 5.83. The summed E-state index contributed by atoms with van der Waals surface area (Å²) in [5.74, 6) is 5.81. The molecular formula is C29H35FN6OS. The number of pyridine rings is 1. The highest BCUT2D eigenvalue weighted by molar-refractivity contribution is 7.18. The smallest absolute Gasteiger partial charge is 0.252 e. The Morgan fingerprint density at radius 3 is 2.68 bits per heavy atom. The molecule has 0 aliphatic carbocycles. The predicted octanol–water partition coefficient (Wildman–Crippen LogP) is 5.26. The van der Waals surface area contributed by atoms with Crippen LogP contribution in [0, 0.1) is 24.6 Å². The maximum atomic E-state index is 15.7. The summed E-state index contributed by atoms with van der Waals surface area (Å²) in [6.07, 6.45) is 3.71. The van der Waals surface area contributed by atoms with E-state index in [1.807, 2.05) is 32.2 Å². The van der Waals surface area contributed by atoms with Crippen LogP contribution in [0.1, 0.15) is 57.1 Å². The van der Waals surface area contributed by atoms with Crippen LogP contribution in [-0.4, -0.2) is 49.4 Å². The topological polar surface area (TPSA) is 59.2 Å². The number of anilines is 1. The van der Waals surface area contributed by atoms with E-state index in [0.29, 0.717) is 11.2 Å². The molecule has 0 N–H and O–H groups in total. The molecule has 0 saturated carbocycles. The van der Waals surface area contributed by atoms with Gasteiger partial charge in [-0.1, -0.05) is 25.8 Å². The molecule has 7 nitrogen and oxygen atoms in total. The van der Waals surface area contributed by atoms with E-state index in [9.17, 15) is 4.79 Å². The zero-order chi connectivity index (χ0) is 27.1. The molecule has 5 rings (SSSR count). The van der Waals surface area contributed by atoms with E-state index in [2.05, 4.69) is 47.4 Å². The van der Waals surface area contributed by atoms with Crippen LogP contribution in [0.5, 0.6) is 0 Å². The lowest BCUT2D eigenvalue weighted by atomic mass is 9.96. The Labute approximate surface area is 226 Å². The van der Waals surface area contributed by atoms with Crippen molar-refractivity contribution in [1.82, 2.24) is 24.2 Å². The van der Waals surface area contributed by atoms with Crippen LogP contribution in [0.2, 0.25) is 0 Å². The van der Waals surface area contributed by atoms with Crippen LogP contribution in [0.15, 0.2) is 29.2 Å². The molecular weight excluding hydrogens is 499 g/mol. The summed E-state index contributed by atoms with van der Waals surface area (Å²) < 4.78 is 19.8. The van der Waals surface area contributed by atoms with Crippen molar-refractivity contribution in [3.8, 4) is 11.8 Å². The van der Waals surface area contributed by atoms with Gasteiger partial charge in [-0.3, -0.25) is 14.4 Å². The SMILES string of the molecule is CC#CCn1cc2c(n1)c(N1C[C@@H](CC)N([C@@H](C)c3ccc4nc(C)sc4c3F)C[C@@H]1CC)cc(=O)n2C. The quantitative estimate of drug-likeness (QED) is 0.316. The van der Waals surface area contributed by atoms with Crippen molar-refractivity contribution < 1.29 is 4.39 Å². The van der Waals surface area contributed by atoms with Crippen molar-refractivity contribution in [1.29, 1.82) is 0 Å². The molecule has 38 heavy (non-hydrogen) atoms. The number of fused-ring (bicyclic) bond motifs is 2. The zero-order valence-electron chi connectivity index (χ0n) is 23.0. The van der Waals surface area contributed by atoms with Gasteiger partial charge in [-0.2, -0.15) is 5.10 Å². The fourth-order valence-electron chi connectivity index (χ4n) is 5.74. The number of nitrogens with zero attached hydrogens (tertiary/aromatic N) is 6. The fourth-order valence-corrected chi connectivity index (χ4v) is 6.61. The molecule has 1 aliphatic heterocycles. The van der Waals surface area contributed by atoms with Gasteiger partial charge in [0.15, 0.2) is 0 Å². The van der Waals surface area contributed by atoms with Gasteiger partial charge < -0.3 is 9.47 Å². The van der Waals surface area contributed by atoms with Crippen molar-refractivity contribution in [2.45, 2.75) is 72.1 Å². The van der Waals surface area contributed by atoms with E-state index in [-0.39, 0.29) is 29.5 Å². The zero-order valence-corrected chi connectivity index (χ0v) is 23.8. The normalized spacial score (nSPS) is 19.2.